The van der Waals surface area contributed by atoms with Crippen LogP contribution in [0.3, 0.4) is 0 Å². The van der Waals surface area contributed by atoms with Crippen molar-refractivity contribution in [3.05, 3.63) is 65.3 Å². The Morgan fingerprint density at radius 3 is 2.61 bits per heavy atom. The van der Waals surface area contributed by atoms with Gasteiger partial charge in [0.2, 0.25) is 0 Å². The molecule has 0 atom stereocenters. The first kappa shape index (κ1) is 19.1. The van der Waals surface area contributed by atoms with Crippen LogP contribution in [0, 0.1) is 5.92 Å². The van der Waals surface area contributed by atoms with Gasteiger partial charge in [-0.15, -0.1) is 0 Å². The second kappa shape index (κ2) is 8.83. The first-order valence-corrected chi connectivity index (χ1v) is 10.6. The van der Waals surface area contributed by atoms with Gasteiger partial charge in [-0.1, -0.05) is 61.2 Å². The lowest BCUT2D eigenvalue weighted by Crippen LogP contribution is -2.17. The molecule has 146 valence electrons. The normalized spacial score (nSPS) is 15.0. The number of nitrogens with zero attached hydrogens (tertiary/aromatic N) is 1. The van der Waals surface area contributed by atoms with E-state index < -0.39 is 0 Å². The van der Waals surface area contributed by atoms with Gasteiger partial charge >= 0.3 is 0 Å². The van der Waals surface area contributed by atoms with E-state index in [0.29, 0.717) is 17.4 Å². The summed E-state index contributed by atoms with van der Waals surface area (Å²) in [6, 6.07) is 15.8. The number of fused-ring (bicyclic) bond motifs is 1. The van der Waals surface area contributed by atoms with E-state index in [4.69, 9.17) is 16.3 Å². The van der Waals surface area contributed by atoms with E-state index in [0.717, 1.165) is 48.0 Å². The topological polar surface area (TPSA) is 31.2 Å². The van der Waals surface area contributed by atoms with Gasteiger partial charge in [-0.05, 0) is 37.5 Å². The number of benzene rings is 2. The SMILES string of the molecule is O=C(c1cn(CCCOc2ccccc2Cl)c2ccccc12)C1CCCCC1. The average molecular weight is 396 g/mol. The Balaban J connectivity index is 1.47. The number of ether oxygens (including phenoxy) is 1. The molecule has 0 N–H and O–H groups in total. The Kier molecular flexibility index (Phi) is 6.01. The van der Waals surface area contributed by atoms with Crippen molar-refractivity contribution in [2.45, 2.75) is 45.1 Å². The van der Waals surface area contributed by atoms with Gasteiger partial charge in [0.1, 0.15) is 5.75 Å². The average Bonchev–Trinajstić information content (AvgIpc) is 3.11. The minimum Gasteiger partial charge on any atom is -0.492 e. The van der Waals surface area contributed by atoms with Crippen LogP contribution in [0.4, 0.5) is 0 Å². The predicted octanol–water partition coefficient (Wildman–Crippen LogP) is 6.53. The van der Waals surface area contributed by atoms with Crippen LogP contribution in [-0.2, 0) is 6.54 Å². The number of halogens is 1. The number of hydrogen-bond acceptors (Lipinski definition) is 2. The second-order valence-corrected chi connectivity index (χ2v) is 7.99. The molecule has 0 saturated heterocycles. The van der Waals surface area contributed by atoms with Crippen molar-refractivity contribution in [1.82, 2.24) is 4.57 Å². The number of carbonyl (C=O) groups is 1. The van der Waals surface area contributed by atoms with E-state index in [-0.39, 0.29) is 5.92 Å². The summed E-state index contributed by atoms with van der Waals surface area (Å²) in [6.45, 7) is 1.39. The van der Waals surface area contributed by atoms with Gasteiger partial charge < -0.3 is 9.30 Å². The number of ketones is 1. The van der Waals surface area contributed by atoms with Crippen molar-refractivity contribution in [3.63, 3.8) is 0 Å². The standard InChI is InChI=1S/C24H26ClNO2/c25-21-12-5-7-14-23(21)28-16-8-15-26-17-20(19-11-4-6-13-22(19)26)24(27)18-9-2-1-3-10-18/h4-7,11-14,17-18H,1-3,8-10,15-16H2. The fourth-order valence-corrected chi connectivity index (χ4v) is 4.38. The Labute approximate surface area is 171 Å². The maximum atomic E-state index is 13.1. The van der Waals surface area contributed by atoms with Gasteiger partial charge in [-0.3, -0.25) is 4.79 Å². The Morgan fingerprint density at radius 2 is 1.79 bits per heavy atom. The molecule has 1 fully saturated rings. The molecule has 28 heavy (non-hydrogen) atoms. The van der Waals surface area contributed by atoms with E-state index in [2.05, 4.69) is 22.9 Å². The van der Waals surface area contributed by atoms with Gasteiger partial charge in [0.15, 0.2) is 5.78 Å². The third-order valence-electron chi connectivity index (χ3n) is 5.67. The number of rotatable bonds is 7. The van der Waals surface area contributed by atoms with E-state index in [1.54, 1.807) is 0 Å². The van der Waals surface area contributed by atoms with Crippen molar-refractivity contribution in [2.24, 2.45) is 5.92 Å². The summed E-state index contributed by atoms with van der Waals surface area (Å²) < 4.78 is 8.00. The molecule has 1 aromatic heterocycles. The van der Waals surface area contributed by atoms with Crippen LogP contribution in [0.5, 0.6) is 5.75 Å². The van der Waals surface area contributed by atoms with Crippen LogP contribution in [-0.4, -0.2) is 17.0 Å². The minimum atomic E-state index is 0.191. The van der Waals surface area contributed by atoms with Crippen molar-refractivity contribution in [2.75, 3.05) is 6.61 Å². The zero-order chi connectivity index (χ0) is 19.3. The van der Waals surface area contributed by atoms with Crippen molar-refractivity contribution < 1.29 is 9.53 Å². The molecular weight excluding hydrogens is 370 g/mol. The van der Waals surface area contributed by atoms with E-state index >= 15 is 0 Å². The number of hydrogen-bond donors (Lipinski definition) is 0. The molecule has 4 heteroatoms. The number of para-hydroxylation sites is 2. The maximum absolute atomic E-state index is 13.1. The molecule has 0 radical (unpaired) electrons. The second-order valence-electron chi connectivity index (χ2n) is 7.58. The molecule has 1 saturated carbocycles. The highest BCUT2D eigenvalue weighted by molar-refractivity contribution is 6.32. The summed E-state index contributed by atoms with van der Waals surface area (Å²) >= 11 is 6.14. The minimum absolute atomic E-state index is 0.191. The largest absolute Gasteiger partial charge is 0.492 e. The van der Waals surface area contributed by atoms with Crippen molar-refractivity contribution in [3.8, 4) is 5.75 Å². The van der Waals surface area contributed by atoms with Crippen LogP contribution in [0.15, 0.2) is 54.7 Å². The molecule has 3 aromatic rings. The quantitative estimate of drug-likeness (QED) is 0.336. The fourth-order valence-electron chi connectivity index (χ4n) is 4.19. The predicted molar refractivity (Wildman–Crippen MR) is 114 cm³/mol. The number of aromatic nitrogens is 1. The Morgan fingerprint density at radius 1 is 1.04 bits per heavy atom. The van der Waals surface area contributed by atoms with Crippen LogP contribution in [0.25, 0.3) is 10.9 Å². The molecule has 1 heterocycles. The molecule has 0 aliphatic heterocycles. The number of Topliss-reactive ketones (excluding diaryl/α,β-unsaturated/α-hetero) is 1. The first-order chi connectivity index (χ1) is 13.7. The van der Waals surface area contributed by atoms with Crippen LogP contribution < -0.4 is 4.74 Å². The van der Waals surface area contributed by atoms with Crippen LogP contribution in [0.1, 0.15) is 48.9 Å². The molecule has 2 aromatic carbocycles. The third-order valence-corrected chi connectivity index (χ3v) is 5.98. The summed E-state index contributed by atoms with van der Waals surface area (Å²) in [4.78, 5) is 13.1. The monoisotopic (exact) mass is 395 g/mol. The van der Waals surface area contributed by atoms with Crippen LogP contribution >= 0.6 is 11.6 Å². The van der Waals surface area contributed by atoms with E-state index in [1.165, 1.54) is 19.3 Å². The lowest BCUT2D eigenvalue weighted by Gasteiger charge is -2.19. The highest BCUT2D eigenvalue weighted by atomic mass is 35.5. The summed E-state index contributed by atoms with van der Waals surface area (Å²) in [7, 11) is 0. The summed E-state index contributed by atoms with van der Waals surface area (Å²) in [5, 5.41) is 1.71. The number of carbonyl (C=O) groups excluding carboxylic acids is 1. The van der Waals surface area contributed by atoms with Gasteiger partial charge in [0.25, 0.3) is 0 Å². The first-order valence-electron chi connectivity index (χ1n) is 10.2. The molecule has 3 nitrogen and oxygen atoms in total. The number of aryl methyl sites for hydroxylation is 1. The molecule has 4 rings (SSSR count). The van der Waals surface area contributed by atoms with Crippen molar-refractivity contribution in [1.29, 1.82) is 0 Å². The van der Waals surface area contributed by atoms with Gasteiger partial charge in [-0.2, -0.15) is 0 Å². The molecule has 1 aliphatic carbocycles. The fraction of sp³-hybridized carbons (Fsp3) is 0.375. The molecule has 0 amide bonds. The molecule has 1 aliphatic rings. The van der Waals surface area contributed by atoms with Gasteiger partial charge in [-0.25, -0.2) is 0 Å². The Bertz CT molecular complexity index is 956. The highest BCUT2D eigenvalue weighted by Gasteiger charge is 2.25. The molecule has 0 bridgehead atoms. The van der Waals surface area contributed by atoms with Crippen molar-refractivity contribution >= 4 is 28.3 Å². The zero-order valence-electron chi connectivity index (χ0n) is 16.1. The lowest BCUT2D eigenvalue weighted by molar-refractivity contribution is 0.0891. The maximum Gasteiger partial charge on any atom is 0.168 e. The highest BCUT2D eigenvalue weighted by Crippen LogP contribution is 2.31. The molecular formula is C24H26ClNO2. The zero-order valence-corrected chi connectivity index (χ0v) is 16.8. The summed E-state index contributed by atoms with van der Waals surface area (Å²) in [5.74, 6) is 1.23. The van der Waals surface area contributed by atoms with Gasteiger partial charge in [0.05, 0.1) is 11.6 Å². The van der Waals surface area contributed by atoms with E-state index in [9.17, 15) is 4.79 Å². The third kappa shape index (κ3) is 4.10. The molecule has 0 spiro atoms. The van der Waals surface area contributed by atoms with Gasteiger partial charge in [0, 0.05) is 35.1 Å². The summed E-state index contributed by atoms with van der Waals surface area (Å²) in [6.07, 6.45) is 8.58. The molecule has 0 unspecified atom stereocenters. The van der Waals surface area contributed by atoms with Crippen LogP contribution in [0.2, 0.25) is 5.02 Å². The van der Waals surface area contributed by atoms with E-state index in [1.807, 2.05) is 36.4 Å². The Hall–Kier alpha value is -2.26. The lowest BCUT2D eigenvalue weighted by atomic mass is 9.84. The smallest absolute Gasteiger partial charge is 0.168 e. The summed E-state index contributed by atoms with van der Waals surface area (Å²) in [5.41, 5.74) is 2.01.